The largest absolute Gasteiger partial charge is 0.298 e. The molecule has 1 aliphatic rings. The highest BCUT2D eigenvalue weighted by Crippen LogP contribution is 2.30. The fourth-order valence-electron chi connectivity index (χ4n) is 4.10. The van der Waals surface area contributed by atoms with Crippen LogP contribution in [0.1, 0.15) is 33.1 Å². The molecule has 3 aromatic carbocycles. The third-order valence-corrected chi connectivity index (χ3v) is 5.82. The summed E-state index contributed by atoms with van der Waals surface area (Å²) in [6.45, 7) is 4.88. The number of aldehydes is 1. The van der Waals surface area contributed by atoms with Crippen molar-refractivity contribution >= 4 is 17.9 Å². The second kappa shape index (κ2) is 9.36. The minimum Gasteiger partial charge on any atom is -0.298 e. The van der Waals surface area contributed by atoms with Crippen LogP contribution in [0.4, 0.5) is 0 Å². The molecule has 148 valence electrons. The van der Waals surface area contributed by atoms with Crippen LogP contribution in [0.25, 0.3) is 0 Å². The minimum absolute atomic E-state index is 0.231. The van der Waals surface area contributed by atoms with Crippen molar-refractivity contribution in [2.45, 2.75) is 12.6 Å². The van der Waals surface area contributed by atoms with Crippen LogP contribution in [0.15, 0.2) is 78.9 Å². The van der Waals surface area contributed by atoms with Crippen LogP contribution < -0.4 is 0 Å². The summed E-state index contributed by atoms with van der Waals surface area (Å²) >= 11 is 6.12. The molecule has 0 spiro atoms. The van der Waals surface area contributed by atoms with Crippen molar-refractivity contribution in [3.63, 3.8) is 0 Å². The maximum Gasteiger partial charge on any atom is 0.150 e. The van der Waals surface area contributed by atoms with Crippen molar-refractivity contribution in [2.24, 2.45) is 0 Å². The van der Waals surface area contributed by atoms with Gasteiger partial charge in [0.2, 0.25) is 0 Å². The molecule has 1 unspecified atom stereocenters. The molecule has 4 heteroatoms. The molecule has 0 saturated carbocycles. The zero-order valence-electron chi connectivity index (χ0n) is 16.4. The number of rotatable bonds is 6. The van der Waals surface area contributed by atoms with Gasteiger partial charge >= 0.3 is 0 Å². The average molecular weight is 405 g/mol. The second-order valence-electron chi connectivity index (χ2n) is 7.54. The topological polar surface area (TPSA) is 23.6 Å². The fourth-order valence-corrected chi connectivity index (χ4v) is 4.22. The van der Waals surface area contributed by atoms with E-state index in [2.05, 4.69) is 58.3 Å². The van der Waals surface area contributed by atoms with Gasteiger partial charge in [-0.25, -0.2) is 0 Å². The van der Waals surface area contributed by atoms with Crippen molar-refractivity contribution in [2.75, 3.05) is 26.2 Å². The molecule has 0 amide bonds. The zero-order chi connectivity index (χ0) is 20.1. The lowest BCUT2D eigenvalue weighted by Gasteiger charge is -2.40. The lowest BCUT2D eigenvalue weighted by atomic mass is 9.96. The maximum absolute atomic E-state index is 11.0. The van der Waals surface area contributed by atoms with Crippen LogP contribution >= 0.6 is 11.6 Å². The molecule has 1 saturated heterocycles. The first-order valence-electron chi connectivity index (χ1n) is 10.0. The van der Waals surface area contributed by atoms with Gasteiger partial charge in [-0.2, -0.15) is 0 Å². The van der Waals surface area contributed by atoms with Crippen LogP contribution in [0.3, 0.4) is 0 Å². The number of carbonyl (C=O) groups excluding carboxylic acids is 1. The van der Waals surface area contributed by atoms with E-state index in [-0.39, 0.29) is 6.04 Å². The normalized spacial score (nSPS) is 16.4. The third kappa shape index (κ3) is 4.94. The first-order valence-corrected chi connectivity index (χ1v) is 10.4. The van der Waals surface area contributed by atoms with Crippen LogP contribution in [-0.4, -0.2) is 42.3 Å². The molecule has 0 N–H and O–H groups in total. The lowest BCUT2D eigenvalue weighted by molar-refractivity contribution is 0.105. The highest BCUT2D eigenvalue weighted by molar-refractivity contribution is 6.30. The number of halogens is 1. The smallest absolute Gasteiger partial charge is 0.150 e. The molecule has 29 heavy (non-hydrogen) atoms. The van der Waals surface area contributed by atoms with Gasteiger partial charge < -0.3 is 0 Å². The molecular formula is C25H25ClN2O. The van der Waals surface area contributed by atoms with Gasteiger partial charge in [-0.1, -0.05) is 72.3 Å². The Balaban J connectivity index is 1.48. The van der Waals surface area contributed by atoms with Gasteiger partial charge in [-0.3, -0.25) is 14.6 Å². The van der Waals surface area contributed by atoms with Crippen molar-refractivity contribution in [1.29, 1.82) is 0 Å². The number of nitrogens with zero attached hydrogens (tertiary/aromatic N) is 2. The molecule has 1 aliphatic heterocycles. The van der Waals surface area contributed by atoms with Gasteiger partial charge in [0.15, 0.2) is 0 Å². The standard InChI is InChI=1S/C25H25ClN2O/c26-24-11-9-23(10-12-24)25(22-7-2-1-3-8-22)28-15-13-27(14-16-28)18-20-5-4-6-21(17-20)19-29/h1-12,17,19,25H,13-16,18H2. The predicted molar refractivity (Wildman–Crippen MR) is 118 cm³/mol. The molecule has 1 fully saturated rings. The van der Waals surface area contributed by atoms with E-state index in [0.717, 1.165) is 49.6 Å². The summed E-state index contributed by atoms with van der Waals surface area (Å²) in [5.74, 6) is 0. The van der Waals surface area contributed by atoms with Gasteiger partial charge in [-0.05, 0) is 34.9 Å². The quantitative estimate of drug-likeness (QED) is 0.536. The fraction of sp³-hybridized carbons (Fsp3) is 0.240. The Bertz CT molecular complexity index is 935. The van der Waals surface area contributed by atoms with Gasteiger partial charge in [0, 0.05) is 43.3 Å². The Morgan fingerprint density at radius 3 is 2.21 bits per heavy atom. The van der Waals surface area contributed by atoms with E-state index in [4.69, 9.17) is 11.6 Å². The molecule has 0 aromatic heterocycles. The van der Waals surface area contributed by atoms with Crippen LogP contribution in [0.2, 0.25) is 5.02 Å². The highest BCUT2D eigenvalue weighted by atomic mass is 35.5. The Hall–Kier alpha value is -2.46. The number of benzene rings is 3. The molecule has 1 atom stereocenters. The number of hydrogen-bond acceptors (Lipinski definition) is 3. The van der Waals surface area contributed by atoms with Crippen LogP contribution in [0, 0.1) is 0 Å². The summed E-state index contributed by atoms with van der Waals surface area (Å²) in [5, 5.41) is 0.767. The van der Waals surface area contributed by atoms with Crippen LogP contribution in [-0.2, 0) is 6.54 Å². The Kier molecular flexibility index (Phi) is 6.40. The molecule has 0 aliphatic carbocycles. The summed E-state index contributed by atoms with van der Waals surface area (Å²) in [6.07, 6.45) is 0.915. The monoisotopic (exact) mass is 404 g/mol. The molecule has 1 heterocycles. The summed E-state index contributed by atoms with van der Waals surface area (Å²) < 4.78 is 0. The van der Waals surface area contributed by atoms with Crippen LogP contribution in [0.5, 0.6) is 0 Å². The van der Waals surface area contributed by atoms with Gasteiger partial charge in [0.25, 0.3) is 0 Å². The van der Waals surface area contributed by atoms with Gasteiger partial charge in [0.1, 0.15) is 6.29 Å². The molecule has 0 radical (unpaired) electrons. The second-order valence-corrected chi connectivity index (χ2v) is 7.98. The predicted octanol–water partition coefficient (Wildman–Crippen LogP) is 5.06. The number of piperazine rings is 1. The molecule has 4 rings (SSSR count). The van der Waals surface area contributed by atoms with Crippen molar-refractivity contribution in [3.8, 4) is 0 Å². The van der Waals surface area contributed by atoms with E-state index < -0.39 is 0 Å². The zero-order valence-corrected chi connectivity index (χ0v) is 17.1. The summed E-state index contributed by atoms with van der Waals surface area (Å²) in [4.78, 5) is 16.0. The van der Waals surface area contributed by atoms with E-state index in [1.165, 1.54) is 16.7 Å². The Labute approximate surface area is 177 Å². The molecule has 0 bridgehead atoms. The van der Waals surface area contributed by atoms with E-state index in [1.807, 2.05) is 30.3 Å². The van der Waals surface area contributed by atoms with Gasteiger partial charge in [0.05, 0.1) is 6.04 Å². The molecular weight excluding hydrogens is 380 g/mol. The third-order valence-electron chi connectivity index (χ3n) is 5.57. The first-order chi connectivity index (χ1) is 14.2. The van der Waals surface area contributed by atoms with E-state index in [1.54, 1.807) is 0 Å². The summed E-state index contributed by atoms with van der Waals surface area (Å²) in [6, 6.07) is 27.0. The highest BCUT2D eigenvalue weighted by Gasteiger charge is 2.26. The summed E-state index contributed by atoms with van der Waals surface area (Å²) in [5.41, 5.74) is 4.52. The minimum atomic E-state index is 0.231. The Morgan fingerprint density at radius 1 is 0.828 bits per heavy atom. The van der Waals surface area contributed by atoms with Crippen molar-refractivity contribution in [3.05, 3.63) is 106 Å². The van der Waals surface area contributed by atoms with Crippen molar-refractivity contribution < 1.29 is 4.79 Å². The first kappa shape index (κ1) is 19.8. The lowest BCUT2D eigenvalue weighted by Crippen LogP contribution is -2.47. The average Bonchev–Trinajstić information content (AvgIpc) is 2.77. The Morgan fingerprint density at radius 2 is 1.52 bits per heavy atom. The van der Waals surface area contributed by atoms with E-state index >= 15 is 0 Å². The molecule has 3 nitrogen and oxygen atoms in total. The SMILES string of the molecule is O=Cc1cccc(CN2CCN(C(c3ccccc3)c3ccc(Cl)cc3)CC2)c1. The van der Waals surface area contributed by atoms with Gasteiger partial charge in [-0.15, -0.1) is 0 Å². The summed E-state index contributed by atoms with van der Waals surface area (Å²) in [7, 11) is 0. The van der Waals surface area contributed by atoms with E-state index in [9.17, 15) is 4.79 Å². The number of hydrogen-bond donors (Lipinski definition) is 0. The molecule has 3 aromatic rings. The van der Waals surface area contributed by atoms with E-state index in [0.29, 0.717) is 0 Å². The number of carbonyl (C=O) groups is 1. The van der Waals surface area contributed by atoms with Crippen molar-refractivity contribution in [1.82, 2.24) is 9.80 Å². The maximum atomic E-state index is 11.0.